The minimum absolute atomic E-state index is 0.379. The molecule has 7 heteroatoms. The molecule has 0 aliphatic carbocycles. The summed E-state index contributed by atoms with van der Waals surface area (Å²) in [7, 11) is -3.65. The lowest BCUT2D eigenvalue weighted by Gasteiger charge is -2.05. The molecule has 1 aromatic rings. The van der Waals surface area contributed by atoms with E-state index in [1.54, 1.807) is 0 Å². The van der Waals surface area contributed by atoms with E-state index in [0.29, 0.717) is 0 Å². The summed E-state index contributed by atoms with van der Waals surface area (Å²) in [6, 6.07) is 2.53. The van der Waals surface area contributed by atoms with Crippen LogP contribution >= 0.6 is 15.9 Å². The highest BCUT2D eigenvalue weighted by Gasteiger charge is 2.11. The normalized spacial score (nSPS) is 11.4. The summed E-state index contributed by atoms with van der Waals surface area (Å²) in [5.41, 5.74) is -0.399. The van der Waals surface area contributed by atoms with Crippen LogP contribution < -0.4 is 4.72 Å². The predicted octanol–water partition coefficient (Wildman–Crippen LogP) is 2.06. The first-order valence-electron chi connectivity index (χ1n) is 3.46. The van der Waals surface area contributed by atoms with Crippen LogP contribution in [0.1, 0.15) is 0 Å². The topological polar surface area (TPSA) is 46.2 Å². The Morgan fingerprint density at radius 1 is 1.36 bits per heavy atom. The highest BCUT2D eigenvalue weighted by molar-refractivity contribution is 9.10. The molecule has 0 amide bonds. The van der Waals surface area contributed by atoms with Gasteiger partial charge in [0.2, 0.25) is 10.0 Å². The zero-order valence-corrected chi connectivity index (χ0v) is 9.20. The molecule has 0 saturated heterocycles. The zero-order chi connectivity index (χ0) is 10.8. The molecule has 0 aromatic heterocycles. The van der Waals surface area contributed by atoms with Gasteiger partial charge in [-0.25, -0.2) is 17.2 Å². The maximum atomic E-state index is 12.9. The average Bonchev–Trinajstić information content (AvgIpc) is 2.11. The molecule has 0 aliphatic rings. The van der Waals surface area contributed by atoms with Crippen LogP contribution in [0, 0.1) is 11.6 Å². The summed E-state index contributed by atoms with van der Waals surface area (Å²) < 4.78 is 49.0. The predicted molar refractivity (Wildman–Crippen MR) is 52.7 cm³/mol. The van der Waals surface area contributed by atoms with E-state index in [1.807, 2.05) is 4.72 Å². The zero-order valence-electron chi connectivity index (χ0n) is 6.80. The molecule has 0 unspecified atom stereocenters. The fourth-order valence-corrected chi connectivity index (χ4v) is 1.66. The van der Waals surface area contributed by atoms with Gasteiger partial charge in [-0.05, 0) is 12.1 Å². The molecule has 0 saturated carbocycles. The number of rotatable bonds is 3. The smallest absolute Gasteiger partial charge is 0.242 e. The Labute approximate surface area is 88.3 Å². The van der Waals surface area contributed by atoms with Gasteiger partial charge in [-0.1, -0.05) is 15.9 Å². The molecule has 0 atom stereocenters. The van der Waals surface area contributed by atoms with Crippen LogP contribution in [0.4, 0.5) is 14.5 Å². The molecular weight excluding hydrogens is 280 g/mol. The first kappa shape index (κ1) is 11.4. The number of hydrogen-bond acceptors (Lipinski definition) is 2. The van der Waals surface area contributed by atoms with Crippen LogP contribution in [-0.2, 0) is 10.0 Å². The fourth-order valence-electron chi connectivity index (χ4n) is 0.771. The minimum Gasteiger partial charge on any atom is -0.280 e. The Balaban J connectivity index is 3.03. The second kappa shape index (κ2) is 4.22. The highest BCUT2D eigenvalue weighted by Crippen LogP contribution is 2.17. The van der Waals surface area contributed by atoms with Crippen LogP contribution in [0.3, 0.4) is 0 Å². The van der Waals surface area contributed by atoms with E-state index in [9.17, 15) is 17.2 Å². The Morgan fingerprint density at radius 2 is 2.00 bits per heavy atom. The first-order valence-corrected chi connectivity index (χ1v) is 6.23. The van der Waals surface area contributed by atoms with Gasteiger partial charge in [-0.3, -0.25) is 4.72 Å². The molecule has 3 nitrogen and oxygen atoms in total. The third kappa shape index (κ3) is 2.91. The largest absolute Gasteiger partial charge is 0.280 e. The lowest BCUT2D eigenvalue weighted by Crippen LogP contribution is -2.14. The molecule has 0 radical (unpaired) electrons. The van der Waals surface area contributed by atoms with Crippen molar-refractivity contribution < 1.29 is 17.2 Å². The number of halogens is 3. The minimum atomic E-state index is -3.65. The second-order valence-electron chi connectivity index (χ2n) is 2.45. The molecule has 0 spiro atoms. The molecule has 0 heterocycles. The van der Waals surface area contributed by atoms with Crippen molar-refractivity contribution in [3.63, 3.8) is 0 Å². The fraction of sp³-hybridized carbons (Fsp3) is 0.143. The quantitative estimate of drug-likeness (QED) is 0.864. The van der Waals surface area contributed by atoms with Gasteiger partial charge < -0.3 is 0 Å². The van der Waals surface area contributed by atoms with Crippen molar-refractivity contribution in [2.75, 3.05) is 9.38 Å². The van der Waals surface area contributed by atoms with Gasteiger partial charge >= 0.3 is 0 Å². The van der Waals surface area contributed by atoms with Crippen molar-refractivity contribution in [1.29, 1.82) is 0 Å². The van der Waals surface area contributed by atoms with Gasteiger partial charge in [-0.2, -0.15) is 0 Å². The third-order valence-electron chi connectivity index (χ3n) is 1.34. The van der Waals surface area contributed by atoms with Crippen molar-refractivity contribution in [3.8, 4) is 0 Å². The molecule has 1 N–H and O–H groups in total. The van der Waals surface area contributed by atoms with Crippen molar-refractivity contribution in [2.24, 2.45) is 0 Å². The Bertz CT molecular complexity index is 435. The lowest BCUT2D eigenvalue weighted by molar-refractivity contribution is 0.597. The second-order valence-corrected chi connectivity index (χ2v) is 5.48. The van der Waals surface area contributed by atoms with E-state index in [0.717, 1.165) is 18.2 Å². The lowest BCUT2D eigenvalue weighted by atomic mass is 10.3. The Kier molecular flexibility index (Phi) is 3.43. The molecule has 0 bridgehead atoms. The Morgan fingerprint density at radius 3 is 2.57 bits per heavy atom. The van der Waals surface area contributed by atoms with Crippen molar-refractivity contribution in [1.82, 2.24) is 0 Å². The van der Waals surface area contributed by atoms with Crippen LogP contribution in [0.15, 0.2) is 18.2 Å². The third-order valence-corrected chi connectivity index (χ3v) is 3.96. The SMILES string of the molecule is O=S(=O)(CBr)Nc1cc(F)ccc1F. The summed E-state index contributed by atoms with van der Waals surface area (Å²) in [4.78, 5) is 0. The summed E-state index contributed by atoms with van der Waals surface area (Å²) in [6.07, 6.45) is 0. The van der Waals surface area contributed by atoms with Crippen molar-refractivity contribution in [3.05, 3.63) is 29.8 Å². The monoisotopic (exact) mass is 285 g/mol. The van der Waals surface area contributed by atoms with E-state index in [2.05, 4.69) is 15.9 Å². The van der Waals surface area contributed by atoms with Gasteiger partial charge in [0.05, 0.1) is 5.69 Å². The average molecular weight is 286 g/mol. The van der Waals surface area contributed by atoms with Gasteiger partial charge in [0, 0.05) is 6.07 Å². The van der Waals surface area contributed by atoms with E-state index in [-0.39, 0.29) is 4.66 Å². The maximum Gasteiger partial charge on any atom is 0.242 e. The molecule has 0 aliphatic heterocycles. The molecular formula is C7H6BrF2NO2S. The maximum absolute atomic E-state index is 12.9. The number of hydrogen-bond donors (Lipinski definition) is 1. The number of alkyl halides is 1. The molecule has 14 heavy (non-hydrogen) atoms. The van der Waals surface area contributed by atoms with E-state index < -0.39 is 27.3 Å². The molecule has 0 fully saturated rings. The summed E-state index contributed by atoms with van der Waals surface area (Å²) >= 11 is 2.70. The molecule has 1 aromatic carbocycles. The van der Waals surface area contributed by atoms with Crippen LogP contribution in [0.2, 0.25) is 0 Å². The van der Waals surface area contributed by atoms with Crippen LogP contribution in [0.25, 0.3) is 0 Å². The van der Waals surface area contributed by atoms with Gasteiger partial charge in [0.1, 0.15) is 16.3 Å². The van der Waals surface area contributed by atoms with E-state index in [1.165, 1.54) is 0 Å². The van der Waals surface area contributed by atoms with E-state index in [4.69, 9.17) is 0 Å². The molecule has 1 rings (SSSR count). The summed E-state index contributed by atoms with van der Waals surface area (Å²) in [6.45, 7) is 0. The number of sulfonamides is 1. The standard InChI is InChI=1S/C7H6BrF2NO2S/c8-4-14(12,13)11-7-3-5(9)1-2-6(7)10/h1-3,11H,4H2. The van der Waals surface area contributed by atoms with Crippen LogP contribution in [0.5, 0.6) is 0 Å². The summed E-state index contributed by atoms with van der Waals surface area (Å²) in [5.74, 6) is -1.53. The Hall–Kier alpha value is -0.690. The van der Waals surface area contributed by atoms with E-state index >= 15 is 0 Å². The first-order chi connectivity index (χ1) is 6.44. The highest BCUT2D eigenvalue weighted by atomic mass is 79.9. The molecule has 78 valence electrons. The van der Waals surface area contributed by atoms with Gasteiger partial charge in [-0.15, -0.1) is 0 Å². The summed E-state index contributed by atoms with van der Waals surface area (Å²) in [5, 5.41) is 0. The number of benzene rings is 1. The van der Waals surface area contributed by atoms with Crippen LogP contribution in [-0.4, -0.2) is 13.1 Å². The number of nitrogens with one attached hydrogen (secondary N) is 1. The van der Waals surface area contributed by atoms with Gasteiger partial charge in [0.15, 0.2) is 0 Å². The van der Waals surface area contributed by atoms with Crippen molar-refractivity contribution in [2.45, 2.75) is 0 Å². The van der Waals surface area contributed by atoms with Crippen molar-refractivity contribution >= 4 is 31.6 Å². The number of anilines is 1. The van der Waals surface area contributed by atoms with Gasteiger partial charge in [0.25, 0.3) is 0 Å².